The van der Waals surface area contributed by atoms with Gasteiger partial charge in [0.25, 0.3) is 0 Å². The number of ether oxygens (including phenoxy) is 2. The number of rotatable bonds is 10. The van der Waals surface area contributed by atoms with Crippen LogP contribution in [0.4, 0.5) is 5.69 Å². The second-order valence-electron chi connectivity index (χ2n) is 7.88. The van der Waals surface area contributed by atoms with Gasteiger partial charge in [-0.3, -0.25) is 4.79 Å². The van der Waals surface area contributed by atoms with Gasteiger partial charge in [0.2, 0.25) is 5.91 Å². The number of nitrogens with zero attached hydrogens (tertiary/aromatic N) is 1. The Kier molecular flexibility index (Phi) is 7.89. The number of unbranched alkanes of at least 4 members (excludes halogenated alkanes) is 3. The zero-order valence-electron chi connectivity index (χ0n) is 17.9. The van der Waals surface area contributed by atoms with Crippen molar-refractivity contribution in [1.29, 1.82) is 0 Å². The lowest BCUT2D eigenvalue weighted by molar-refractivity contribution is -0.117. The summed E-state index contributed by atoms with van der Waals surface area (Å²) in [5.41, 5.74) is 2.78. The maximum atomic E-state index is 12.5. The van der Waals surface area contributed by atoms with E-state index in [-0.39, 0.29) is 17.8 Å². The van der Waals surface area contributed by atoms with Crippen molar-refractivity contribution >= 4 is 17.6 Å². The van der Waals surface area contributed by atoms with E-state index >= 15 is 0 Å². The summed E-state index contributed by atoms with van der Waals surface area (Å²) in [6.07, 6.45) is 6.61. The van der Waals surface area contributed by atoms with E-state index in [2.05, 4.69) is 31.2 Å². The topological polar surface area (TPSA) is 55.8 Å². The van der Waals surface area contributed by atoms with E-state index in [1.807, 2.05) is 4.90 Å². The molecule has 1 atom stereocenters. The monoisotopic (exact) mass is 409 g/mol. The summed E-state index contributed by atoms with van der Waals surface area (Å²) in [4.78, 5) is 25.8. The van der Waals surface area contributed by atoms with Crippen molar-refractivity contribution in [2.45, 2.75) is 45.4 Å². The summed E-state index contributed by atoms with van der Waals surface area (Å²) in [7, 11) is 1.36. The molecule has 0 bridgehead atoms. The lowest BCUT2D eigenvalue weighted by atomic mass is 10.1. The van der Waals surface area contributed by atoms with Gasteiger partial charge in [0.15, 0.2) is 0 Å². The summed E-state index contributed by atoms with van der Waals surface area (Å²) >= 11 is 0. The molecular formula is C25H31NO4. The van der Waals surface area contributed by atoms with Crippen molar-refractivity contribution in [1.82, 2.24) is 0 Å². The van der Waals surface area contributed by atoms with Crippen LogP contribution in [0.15, 0.2) is 48.5 Å². The van der Waals surface area contributed by atoms with Crippen molar-refractivity contribution in [2.75, 3.05) is 25.2 Å². The first-order valence-corrected chi connectivity index (χ1v) is 10.8. The molecule has 2 aromatic rings. The quantitative estimate of drug-likeness (QED) is 0.408. The molecule has 1 amide bonds. The Morgan fingerprint density at radius 2 is 1.77 bits per heavy atom. The second kappa shape index (κ2) is 10.8. The number of methoxy groups -OCH3 is 1. The smallest absolute Gasteiger partial charge is 0.337 e. The minimum atomic E-state index is -0.370. The fourth-order valence-electron chi connectivity index (χ4n) is 3.76. The fourth-order valence-corrected chi connectivity index (χ4v) is 3.76. The summed E-state index contributed by atoms with van der Waals surface area (Å²) in [6.45, 7) is 3.35. The molecule has 0 saturated carbocycles. The van der Waals surface area contributed by atoms with Crippen LogP contribution in [-0.2, 0) is 16.0 Å². The minimum Gasteiger partial charge on any atom is -0.493 e. The first kappa shape index (κ1) is 21.9. The molecule has 0 N–H and O–H groups in total. The number of anilines is 1. The van der Waals surface area contributed by atoms with Crippen molar-refractivity contribution in [3.05, 3.63) is 59.7 Å². The maximum absolute atomic E-state index is 12.5. The molecule has 1 saturated heterocycles. The van der Waals surface area contributed by atoms with Crippen molar-refractivity contribution in [3.63, 3.8) is 0 Å². The number of benzene rings is 2. The number of aryl methyl sites for hydroxylation is 1. The van der Waals surface area contributed by atoms with Gasteiger partial charge in [-0.25, -0.2) is 4.79 Å². The van der Waals surface area contributed by atoms with Gasteiger partial charge in [-0.05, 0) is 54.8 Å². The molecule has 1 heterocycles. The van der Waals surface area contributed by atoms with Gasteiger partial charge in [0.05, 0.1) is 19.3 Å². The third kappa shape index (κ3) is 5.85. The van der Waals surface area contributed by atoms with E-state index in [1.165, 1.54) is 38.4 Å². The van der Waals surface area contributed by atoms with Gasteiger partial charge < -0.3 is 14.4 Å². The predicted octanol–water partition coefficient (Wildman–Crippen LogP) is 5.03. The molecule has 1 fully saturated rings. The molecule has 5 nitrogen and oxygen atoms in total. The number of carbonyl (C=O) groups excluding carboxylic acids is 2. The zero-order valence-corrected chi connectivity index (χ0v) is 17.9. The standard InChI is InChI=1S/C25H31NO4/c1-3-4-5-6-7-19-8-12-22(13-9-19)26-17-20(16-24(26)27)18-30-23-14-10-21(11-15-23)25(28)29-2/h8-15,20H,3-7,16-18H2,1-2H3. The highest BCUT2D eigenvalue weighted by molar-refractivity contribution is 5.95. The summed E-state index contributed by atoms with van der Waals surface area (Å²) in [5, 5.41) is 0. The zero-order chi connectivity index (χ0) is 21.3. The Morgan fingerprint density at radius 3 is 2.43 bits per heavy atom. The third-order valence-electron chi connectivity index (χ3n) is 5.53. The number of hydrogen-bond donors (Lipinski definition) is 0. The average Bonchev–Trinajstić information content (AvgIpc) is 3.16. The number of amides is 1. The summed E-state index contributed by atoms with van der Waals surface area (Å²) in [5.74, 6) is 0.596. The molecule has 30 heavy (non-hydrogen) atoms. The van der Waals surface area contributed by atoms with Crippen molar-refractivity contribution in [3.8, 4) is 5.75 Å². The molecule has 1 unspecified atom stereocenters. The van der Waals surface area contributed by atoms with Crippen molar-refractivity contribution in [2.24, 2.45) is 5.92 Å². The molecule has 0 aromatic heterocycles. The molecule has 5 heteroatoms. The predicted molar refractivity (Wildman–Crippen MR) is 118 cm³/mol. The van der Waals surface area contributed by atoms with E-state index in [0.29, 0.717) is 30.9 Å². The van der Waals surface area contributed by atoms with Gasteiger partial charge in [-0.2, -0.15) is 0 Å². The molecule has 3 rings (SSSR count). The van der Waals surface area contributed by atoms with Crippen molar-refractivity contribution < 1.29 is 19.1 Å². The van der Waals surface area contributed by atoms with Crippen LogP contribution >= 0.6 is 0 Å². The second-order valence-corrected chi connectivity index (χ2v) is 7.88. The highest BCUT2D eigenvalue weighted by Gasteiger charge is 2.31. The van der Waals surface area contributed by atoms with E-state index in [4.69, 9.17) is 9.47 Å². The van der Waals surface area contributed by atoms with E-state index in [9.17, 15) is 9.59 Å². The van der Waals surface area contributed by atoms with Crippen LogP contribution in [0, 0.1) is 5.92 Å². The Labute approximate surface area is 179 Å². The molecule has 1 aliphatic heterocycles. The first-order chi connectivity index (χ1) is 14.6. The Balaban J connectivity index is 1.49. The minimum absolute atomic E-state index is 0.139. The van der Waals surface area contributed by atoms with Crippen LogP contribution in [0.3, 0.4) is 0 Å². The number of carbonyl (C=O) groups is 2. The van der Waals surface area contributed by atoms with Crippen LogP contribution in [-0.4, -0.2) is 32.1 Å². The van der Waals surface area contributed by atoms with Gasteiger partial charge >= 0.3 is 5.97 Å². The van der Waals surface area contributed by atoms with Crippen LogP contribution in [0.2, 0.25) is 0 Å². The fraction of sp³-hybridized carbons (Fsp3) is 0.440. The molecule has 1 aliphatic rings. The molecule has 0 spiro atoms. The number of hydrogen-bond acceptors (Lipinski definition) is 4. The molecule has 160 valence electrons. The molecule has 0 radical (unpaired) electrons. The SMILES string of the molecule is CCCCCCc1ccc(N2CC(COc3ccc(C(=O)OC)cc3)CC2=O)cc1. The van der Waals surface area contributed by atoms with Crippen LogP contribution in [0.5, 0.6) is 5.75 Å². The van der Waals surface area contributed by atoms with Crippen LogP contribution < -0.4 is 9.64 Å². The van der Waals surface area contributed by atoms with E-state index in [1.54, 1.807) is 24.3 Å². The number of esters is 1. The molecule has 2 aromatic carbocycles. The van der Waals surface area contributed by atoms with Crippen LogP contribution in [0.25, 0.3) is 0 Å². The summed E-state index contributed by atoms with van der Waals surface area (Å²) in [6, 6.07) is 15.3. The molecular weight excluding hydrogens is 378 g/mol. The first-order valence-electron chi connectivity index (χ1n) is 10.8. The highest BCUT2D eigenvalue weighted by Crippen LogP contribution is 2.26. The van der Waals surface area contributed by atoms with Gasteiger partial charge in [-0.1, -0.05) is 38.3 Å². The highest BCUT2D eigenvalue weighted by atomic mass is 16.5. The average molecular weight is 410 g/mol. The lowest BCUT2D eigenvalue weighted by Crippen LogP contribution is -2.25. The lowest BCUT2D eigenvalue weighted by Gasteiger charge is -2.17. The third-order valence-corrected chi connectivity index (χ3v) is 5.53. The Hall–Kier alpha value is -2.82. The Bertz CT molecular complexity index is 829. The van der Waals surface area contributed by atoms with Gasteiger partial charge in [0.1, 0.15) is 5.75 Å². The van der Waals surface area contributed by atoms with Gasteiger partial charge in [-0.15, -0.1) is 0 Å². The van der Waals surface area contributed by atoms with Crippen LogP contribution in [0.1, 0.15) is 54.9 Å². The van der Waals surface area contributed by atoms with E-state index in [0.717, 1.165) is 12.1 Å². The van der Waals surface area contributed by atoms with Gasteiger partial charge in [0, 0.05) is 24.6 Å². The largest absolute Gasteiger partial charge is 0.493 e. The Morgan fingerprint density at radius 1 is 1.03 bits per heavy atom. The normalized spacial score (nSPS) is 16.0. The summed E-state index contributed by atoms with van der Waals surface area (Å²) < 4.78 is 10.5. The maximum Gasteiger partial charge on any atom is 0.337 e. The molecule has 0 aliphatic carbocycles. The van der Waals surface area contributed by atoms with E-state index < -0.39 is 0 Å².